The summed E-state index contributed by atoms with van der Waals surface area (Å²) in [7, 11) is 12.9. The molecule has 0 spiro atoms. The summed E-state index contributed by atoms with van der Waals surface area (Å²) < 4.78 is 0. The second kappa shape index (κ2) is 3.49. The van der Waals surface area contributed by atoms with E-state index in [1.807, 2.05) is 5.57 Å². The highest BCUT2D eigenvalue weighted by Crippen LogP contribution is 2.67. The van der Waals surface area contributed by atoms with Crippen LogP contribution in [-0.2, 0) is 0 Å². The van der Waals surface area contributed by atoms with Gasteiger partial charge in [-0.25, -0.2) is 0 Å². The quantitative estimate of drug-likeness (QED) is 0.480. The van der Waals surface area contributed by atoms with E-state index in [1.165, 1.54) is 51.4 Å². The lowest BCUT2D eigenvalue weighted by Gasteiger charge is -2.61. The molecule has 0 aromatic heterocycles. The van der Waals surface area contributed by atoms with Gasteiger partial charge < -0.3 is 0 Å². The Labute approximate surface area is 114 Å². The van der Waals surface area contributed by atoms with Crippen LogP contribution in [-0.4, -0.2) is 15.7 Å². The molecule has 4 rings (SSSR count). The third kappa shape index (κ3) is 1.36. The minimum atomic E-state index is -0.517. The fourth-order valence-electron chi connectivity index (χ4n) is 5.76. The molecule has 0 aromatic carbocycles. The van der Waals surface area contributed by atoms with Gasteiger partial charge >= 0.3 is 0 Å². The predicted molar refractivity (Wildman–Crippen MR) is 76.7 cm³/mol. The molecule has 18 heavy (non-hydrogen) atoms. The van der Waals surface area contributed by atoms with Gasteiger partial charge in [0.2, 0.25) is 0 Å². The molecule has 4 unspecified atom stereocenters. The lowest BCUT2D eigenvalue weighted by atomic mass is 9.34. The second-order valence-corrected chi connectivity index (χ2v) is 7.76. The maximum atomic E-state index is 6.46. The molecule has 0 aliphatic heterocycles. The molecule has 2 heteroatoms. The van der Waals surface area contributed by atoms with Crippen molar-refractivity contribution in [1.82, 2.24) is 0 Å². The number of rotatable bonds is 1. The van der Waals surface area contributed by atoms with Crippen molar-refractivity contribution in [3.8, 4) is 0 Å². The van der Waals surface area contributed by atoms with Crippen molar-refractivity contribution in [2.45, 2.75) is 63.5 Å². The fourth-order valence-corrected chi connectivity index (χ4v) is 5.76. The standard InChI is InChI=1S/C16H22B2/c1-15(17,18)16-5-4-10-6-12-3-2-11(9-16)7-13(12)14(16)8-10/h10-12H,2-9H2,1H3. The molecule has 0 saturated heterocycles. The molecular formula is C16H22B2. The summed E-state index contributed by atoms with van der Waals surface area (Å²) in [5.74, 6) is 2.72. The Bertz CT molecular complexity index is 417. The van der Waals surface area contributed by atoms with Gasteiger partial charge in [-0.15, -0.1) is 0 Å². The molecule has 4 bridgehead atoms. The summed E-state index contributed by atoms with van der Waals surface area (Å²) in [6.07, 6.45) is 10.9. The van der Waals surface area contributed by atoms with Crippen LogP contribution in [0.4, 0.5) is 0 Å². The SMILES string of the molecule is [B]C([B])(C)C12CCC3CC1=C1CC(CCC1C3)C2. The summed E-state index contributed by atoms with van der Waals surface area (Å²) in [6.45, 7) is 2.07. The Morgan fingerprint density at radius 3 is 2.72 bits per heavy atom. The highest BCUT2D eigenvalue weighted by Gasteiger charge is 2.54. The van der Waals surface area contributed by atoms with Crippen molar-refractivity contribution in [3.63, 3.8) is 0 Å². The Kier molecular flexibility index (Phi) is 2.27. The molecule has 4 aliphatic carbocycles. The van der Waals surface area contributed by atoms with Crippen LogP contribution in [0.5, 0.6) is 0 Å². The minimum Gasteiger partial charge on any atom is -0.0927 e. The van der Waals surface area contributed by atoms with E-state index in [1.54, 1.807) is 5.57 Å². The predicted octanol–water partition coefficient (Wildman–Crippen LogP) is 3.77. The number of hydrogen-bond donors (Lipinski definition) is 0. The topological polar surface area (TPSA) is 0 Å². The zero-order valence-electron chi connectivity index (χ0n) is 11.5. The first-order valence-electron chi connectivity index (χ1n) is 7.80. The molecule has 0 amide bonds. The average molecular weight is 236 g/mol. The van der Waals surface area contributed by atoms with Gasteiger partial charge in [-0.3, -0.25) is 0 Å². The smallest absolute Gasteiger partial charge is 0.0628 e. The highest BCUT2D eigenvalue weighted by molar-refractivity contribution is 6.40. The van der Waals surface area contributed by atoms with Gasteiger partial charge in [-0.1, -0.05) is 23.3 Å². The van der Waals surface area contributed by atoms with Crippen molar-refractivity contribution in [2.24, 2.45) is 23.2 Å². The molecule has 0 heterocycles. The first-order chi connectivity index (χ1) is 8.49. The molecule has 4 atom stereocenters. The number of hydrogen-bond acceptors (Lipinski definition) is 0. The zero-order chi connectivity index (χ0) is 12.5. The van der Waals surface area contributed by atoms with Crippen molar-refractivity contribution in [1.29, 1.82) is 0 Å². The van der Waals surface area contributed by atoms with Gasteiger partial charge in [0.25, 0.3) is 0 Å². The van der Waals surface area contributed by atoms with Crippen LogP contribution in [0.15, 0.2) is 11.1 Å². The molecule has 4 radical (unpaired) electrons. The van der Waals surface area contributed by atoms with Crippen molar-refractivity contribution in [3.05, 3.63) is 11.1 Å². The zero-order valence-corrected chi connectivity index (χ0v) is 11.5. The number of allylic oxidation sites excluding steroid dienone is 2. The normalized spacial score (nSPS) is 46.4. The first kappa shape index (κ1) is 11.7. The summed E-state index contributed by atoms with van der Waals surface area (Å²) >= 11 is 0. The lowest BCUT2D eigenvalue weighted by molar-refractivity contribution is 0.0803. The van der Waals surface area contributed by atoms with Crippen LogP contribution >= 0.6 is 0 Å². The molecule has 4 aliphatic rings. The van der Waals surface area contributed by atoms with Crippen LogP contribution in [0, 0.1) is 23.2 Å². The van der Waals surface area contributed by atoms with Gasteiger partial charge in [0, 0.05) is 0 Å². The molecule has 92 valence electrons. The molecule has 0 N–H and O–H groups in total. The van der Waals surface area contributed by atoms with E-state index in [2.05, 4.69) is 6.92 Å². The Morgan fingerprint density at radius 2 is 1.94 bits per heavy atom. The Morgan fingerprint density at radius 1 is 1.11 bits per heavy atom. The maximum absolute atomic E-state index is 6.46. The lowest BCUT2D eigenvalue weighted by Crippen LogP contribution is -2.49. The average Bonchev–Trinajstić information content (AvgIpc) is 2.35. The van der Waals surface area contributed by atoms with Crippen LogP contribution in [0.25, 0.3) is 0 Å². The van der Waals surface area contributed by atoms with E-state index in [0.29, 0.717) is 0 Å². The van der Waals surface area contributed by atoms with E-state index in [0.717, 1.165) is 17.8 Å². The van der Waals surface area contributed by atoms with Crippen molar-refractivity contribution >= 4 is 15.7 Å². The van der Waals surface area contributed by atoms with E-state index < -0.39 is 5.21 Å². The van der Waals surface area contributed by atoms with Crippen molar-refractivity contribution < 1.29 is 0 Å². The molecule has 2 saturated carbocycles. The summed E-state index contributed by atoms with van der Waals surface area (Å²) in [5.41, 5.74) is 3.70. The summed E-state index contributed by atoms with van der Waals surface area (Å²) in [5, 5.41) is -0.517. The van der Waals surface area contributed by atoms with Crippen LogP contribution < -0.4 is 0 Å². The third-order valence-electron chi connectivity index (χ3n) is 6.65. The Hall–Kier alpha value is -0.130. The van der Waals surface area contributed by atoms with Gasteiger partial charge in [0.1, 0.15) is 0 Å². The monoisotopic (exact) mass is 236 g/mol. The van der Waals surface area contributed by atoms with Crippen LogP contribution in [0.2, 0.25) is 5.21 Å². The second-order valence-electron chi connectivity index (χ2n) is 7.76. The van der Waals surface area contributed by atoms with E-state index in [-0.39, 0.29) is 5.41 Å². The minimum absolute atomic E-state index is 0.154. The molecule has 0 nitrogen and oxygen atoms in total. The van der Waals surface area contributed by atoms with Crippen LogP contribution in [0.1, 0.15) is 58.3 Å². The molecule has 2 fully saturated rings. The molecular weight excluding hydrogens is 214 g/mol. The van der Waals surface area contributed by atoms with E-state index in [4.69, 9.17) is 15.7 Å². The van der Waals surface area contributed by atoms with Gasteiger partial charge in [0.15, 0.2) is 0 Å². The van der Waals surface area contributed by atoms with Gasteiger partial charge in [0.05, 0.1) is 15.7 Å². The summed E-state index contributed by atoms with van der Waals surface area (Å²) in [6, 6.07) is 0. The Balaban J connectivity index is 1.91. The molecule has 0 aromatic rings. The van der Waals surface area contributed by atoms with E-state index >= 15 is 0 Å². The van der Waals surface area contributed by atoms with Crippen molar-refractivity contribution in [2.75, 3.05) is 0 Å². The largest absolute Gasteiger partial charge is 0.0927 e. The van der Waals surface area contributed by atoms with Gasteiger partial charge in [-0.05, 0) is 74.5 Å². The van der Waals surface area contributed by atoms with E-state index in [9.17, 15) is 0 Å². The maximum Gasteiger partial charge on any atom is 0.0628 e. The van der Waals surface area contributed by atoms with Gasteiger partial charge in [-0.2, -0.15) is 0 Å². The van der Waals surface area contributed by atoms with Crippen LogP contribution in [0.3, 0.4) is 0 Å². The highest BCUT2D eigenvalue weighted by atomic mass is 14.6. The fraction of sp³-hybridized carbons (Fsp3) is 0.875. The number of fused-ring (bicyclic) bond motifs is 2. The first-order valence-corrected chi connectivity index (χ1v) is 7.80. The third-order valence-corrected chi connectivity index (χ3v) is 6.65. The summed E-state index contributed by atoms with van der Waals surface area (Å²) in [4.78, 5) is 0.